The molecule has 0 heterocycles. The quantitative estimate of drug-likeness (QED) is 0.107. The summed E-state index contributed by atoms with van der Waals surface area (Å²) in [5, 5.41) is 12.6. The summed E-state index contributed by atoms with van der Waals surface area (Å²) in [7, 11) is 0. The van der Waals surface area contributed by atoms with Crippen molar-refractivity contribution in [3.63, 3.8) is 0 Å². The van der Waals surface area contributed by atoms with Crippen LogP contribution in [0.15, 0.2) is 48.5 Å². The van der Waals surface area contributed by atoms with Crippen molar-refractivity contribution in [2.75, 3.05) is 6.61 Å². The van der Waals surface area contributed by atoms with Crippen LogP contribution in [0.5, 0.6) is 0 Å². The Balaban J connectivity index is 1.42. The first-order chi connectivity index (χ1) is 17.8. The maximum atomic E-state index is 14.1. The standard InChI is InChI=1S/C29H30F2O5S/c1-2-20-21-7-3-5-9-23(21)25(24-10-6-4-8-22(20)24)28-14-18-11-19(15-28)13-27(12-18,16-28)17-34-26(32)29(30,31)37-36-35-33/h3-10,18-19,33H,2,11-17H2,1H3. The van der Waals surface area contributed by atoms with E-state index in [-0.39, 0.29) is 17.4 Å². The van der Waals surface area contributed by atoms with E-state index in [4.69, 9.17) is 9.99 Å². The number of alkyl halides is 2. The van der Waals surface area contributed by atoms with Gasteiger partial charge in [0, 0.05) is 5.41 Å². The molecule has 2 atom stereocenters. The third kappa shape index (κ3) is 4.13. The van der Waals surface area contributed by atoms with Crippen molar-refractivity contribution < 1.29 is 32.9 Å². The minimum absolute atomic E-state index is 0.0420. The Morgan fingerprint density at radius 2 is 1.57 bits per heavy atom. The van der Waals surface area contributed by atoms with Gasteiger partial charge in [0.25, 0.3) is 0 Å². The monoisotopic (exact) mass is 528 g/mol. The van der Waals surface area contributed by atoms with Gasteiger partial charge in [-0.15, -0.1) is 4.33 Å². The molecular weight excluding hydrogens is 498 g/mol. The van der Waals surface area contributed by atoms with Crippen LogP contribution in [0.4, 0.5) is 8.78 Å². The highest BCUT2D eigenvalue weighted by Gasteiger charge is 2.59. The third-order valence-electron chi connectivity index (χ3n) is 9.03. The van der Waals surface area contributed by atoms with Crippen LogP contribution in [0.2, 0.25) is 0 Å². The second kappa shape index (κ2) is 9.19. The molecule has 0 aliphatic heterocycles. The molecule has 5 nitrogen and oxygen atoms in total. The van der Waals surface area contributed by atoms with Crippen LogP contribution in [0, 0.1) is 17.3 Å². The second-order valence-corrected chi connectivity index (χ2v) is 12.2. The van der Waals surface area contributed by atoms with Gasteiger partial charge in [-0.05, 0) is 94.9 Å². The molecule has 0 aromatic heterocycles. The highest BCUT2D eigenvalue weighted by atomic mass is 32.2. The Labute approximate surface area is 218 Å². The normalized spacial score (nSPS) is 28.8. The van der Waals surface area contributed by atoms with E-state index in [2.05, 4.69) is 64.8 Å². The smallest absolute Gasteiger partial charge is 0.415 e. The maximum Gasteiger partial charge on any atom is 0.415 e. The molecule has 0 amide bonds. The predicted molar refractivity (Wildman–Crippen MR) is 138 cm³/mol. The fourth-order valence-corrected chi connectivity index (χ4v) is 8.72. The molecule has 4 bridgehead atoms. The van der Waals surface area contributed by atoms with Gasteiger partial charge in [0.05, 0.1) is 6.61 Å². The fraction of sp³-hybridized carbons (Fsp3) is 0.483. The molecule has 4 saturated carbocycles. The summed E-state index contributed by atoms with van der Waals surface area (Å²) < 4.78 is 37.3. The number of rotatable bonds is 8. The van der Waals surface area contributed by atoms with E-state index in [9.17, 15) is 13.6 Å². The van der Waals surface area contributed by atoms with E-state index in [1.807, 2.05) is 0 Å². The van der Waals surface area contributed by atoms with E-state index < -0.39 is 23.3 Å². The lowest BCUT2D eigenvalue weighted by Gasteiger charge is -2.62. The zero-order valence-corrected chi connectivity index (χ0v) is 21.5. The van der Waals surface area contributed by atoms with Gasteiger partial charge in [0.1, 0.15) is 12.0 Å². The zero-order chi connectivity index (χ0) is 25.8. The Morgan fingerprint density at radius 1 is 1.00 bits per heavy atom. The fourth-order valence-electron chi connectivity index (χ4n) is 8.48. The van der Waals surface area contributed by atoms with Crippen LogP contribution < -0.4 is 0 Å². The van der Waals surface area contributed by atoms with Crippen molar-refractivity contribution in [2.45, 2.75) is 62.5 Å². The molecule has 0 radical (unpaired) electrons. The molecule has 2 unspecified atom stereocenters. The zero-order valence-electron chi connectivity index (χ0n) is 20.7. The van der Waals surface area contributed by atoms with Gasteiger partial charge < -0.3 is 4.74 Å². The lowest BCUT2D eigenvalue weighted by molar-refractivity contribution is -0.433. The molecule has 8 heteroatoms. The van der Waals surface area contributed by atoms with Crippen LogP contribution in [-0.4, -0.2) is 23.1 Å². The molecule has 4 aliphatic rings. The summed E-state index contributed by atoms with van der Waals surface area (Å²) in [6.07, 6.45) is 6.82. The Morgan fingerprint density at radius 3 is 2.11 bits per heavy atom. The lowest BCUT2D eigenvalue weighted by Crippen LogP contribution is -2.56. The minimum atomic E-state index is -3.98. The van der Waals surface area contributed by atoms with E-state index in [1.165, 1.54) is 32.7 Å². The van der Waals surface area contributed by atoms with Gasteiger partial charge in [0.15, 0.2) is 0 Å². The predicted octanol–water partition coefficient (Wildman–Crippen LogP) is 7.60. The molecule has 37 heavy (non-hydrogen) atoms. The van der Waals surface area contributed by atoms with Crippen LogP contribution >= 0.6 is 12.0 Å². The van der Waals surface area contributed by atoms with Gasteiger partial charge in [0.2, 0.25) is 0 Å². The molecule has 1 N–H and O–H groups in total. The number of halogens is 2. The number of hydrogen-bond acceptors (Lipinski definition) is 6. The molecule has 7 rings (SSSR count). The topological polar surface area (TPSA) is 65.0 Å². The van der Waals surface area contributed by atoms with Crippen molar-refractivity contribution in [3.8, 4) is 0 Å². The third-order valence-corrected chi connectivity index (χ3v) is 9.53. The highest BCUT2D eigenvalue weighted by molar-refractivity contribution is 7.96. The van der Waals surface area contributed by atoms with Gasteiger partial charge in [-0.3, -0.25) is 0 Å². The van der Waals surface area contributed by atoms with Crippen molar-refractivity contribution in [3.05, 3.63) is 59.7 Å². The van der Waals surface area contributed by atoms with Gasteiger partial charge >= 0.3 is 11.2 Å². The molecule has 196 valence electrons. The van der Waals surface area contributed by atoms with E-state index in [0.717, 1.165) is 44.9 Å². The molecule has 4 fully saturated rings. The van der Waals surface area contributed by atoms with Crippen LogP contribution in [0.1, 0.15) is 56.6 Å². The highest BCUT2D eigenvalue weighted by Crippen LogP contribution is 2.67. The van der Waals surface area contributed by atoms with Gasteiger partial charge in [-0.25, -0.2) is 10.1 Å². The molecule has 4 aliphatic carbocycles. The summed E-state index contributed by atoms with van der Waals surface area (Å²) in [5.41, 5.74) is 2.32. The summed E-state index contributed by atoms with van der Waals surface area (Å²) in [4.78, 5) is 12.2. The largest absolute Gasteiger partial charge is 0.460 e. The van der Waals surface area contributed by atoms with E-state index in [0.29, 0.717) is 11.8 Å². The Hall–Kier alpha value is -2.26. The number of carbonyl (C=O) groups is 1. The Kier molecular flexibility index (Phi) is 6.22. The molecule has 0 spiro atoms. The maximum absolute atomic E-state index is 14.1. The van der Waals surface area contributed by atoms with Crippen LogP contribution in [-0.2, 0) is 30.7 Å². The van der Waals surface area contributed by atoms with Gasteiger partial charge in [-0.1, -0.05) is 60.5 Å². The average Bonchev–Trinajstić information content (AvgIpc) is 2.88. The SMILES string of the molecule is CCc1c2ccccc2c(C23CC4CC(CC(COC(=O)C(F)(F)SOOO)(C4)C2)C3)c2ccccc12. The molecule has 3 aromatic carbocycles. The summed E-state index contributed by atoms with van der Waals surface area (Å²) in [6, 6.07) is 17.3. The first kappa shape index (κ1) is 25.0. The molecule has 0 saturated heterocycles. The van der Waals surface area contributed by atoms with Crippen LogP contribution in [0.25, 0.3) is 21.5 Å². The second-order valence-electron chi connectivity index (χ2n) is 11.4. The number of fused-ring (bicyclic) bond motifs is 2. The van der Waals surface area contributed by atoms with Crippen molar-refractivity contribution in [2.24, 2.45) is 17.3 Å². The molecule has 3 aromatic rings. The van der Waals surface area contributed by atoms with Gasteiger partial charge in [-0.2, -0.15) is 8.78 Å². The Bertz CT molecular complexity index is 1290. The first-order valence-corrected chi connectivity index (χ1v) is 13.7. The van der Waals surface area contributed by atoms with Crippen molar-refractivity contribution in [1.82, 2.24) is 0 Å². The summed E-state index contributed by atoms with van der Waals surface area (Å²) in [5.74, 6) is -0.726. The van der Waals surface area contributed by atoms with Crippen LogP contribution in [0.3, 0.4) is 0 Å². The number of ether oxygens (including phenoxy) is 1. The lowest BCUT2D eigenvalue weighted by atomic mass is 9.42. The minimum Gasteiger partial charge on any atom is -0.460 e. The number of aryl methyl sites for hydroxylation is 1. The summed E-state index contributed by atoms with van der Waals surface area (Å²) >= 11 is -0.574. The number of carbonyl (C=O) groups excluding carboxylic acids is 1. The van der Waals surface area contributed by atoms with Crippen molar-refractivity contribution in [1.29, 1.82) is 0 Å². The number of hydrogen-bond donors (Lipinski definition) is 1. The number of esters is 1. The summed E-state index contributed by atoms with van der Waals surface area (Å²) in [6.45, 7) is 2.16. The average molecular weight is 529 g/mol. The molecular formula is C29H30F2O5S. The first-order valence-electron chi connectivity index (χ1n) is 12.9. The van der Waals surface area contributed by atoms with E-state index >= 15 is 0 Å². The van der Waals surface area contributed by atoms with Crippen molar-refractivity contribution >= 4 is 39.6 Å². The number of benzene rings is 3. The van der Waals surface area contributed by atoms with E-state index in [1.54, 1.807) is 0 Å².